The van der Waals surface area contributed by atoms with Crippen LogP contribution in [0.4, 0.5) is 0 Å². The van der Waals surface area contributed by atoms with E-state index in [0.717, 1.165) is 24.1 Å². The highest BCUT2D eigenvalue weighted by Gasteiger charge is 2.31. The predicted molar refractivity (Wildman–Crippen MR) is 86.0 cm³/mol. The number of ether oxygens (including phenoxy) is 2. The second-order valence-electron chi connectivity index (χ2n) is 5.90. The first-order valence-corrected chi connectivity index (χ1v) is 7.96. The molecule has 1 heterocycles. The molecule has 1 fully saturated rings. The minimum Gasteiger partial charge on any atom is -0.493 e. The highest BCUT2D eigenvalue weighted by molar-refractivity contribution is 6.04. The molecule has 1 atom stereocenters. The van der Waals surface area contributed by atoms with E-state index in [1.165, 1.54) is 12.8 Å². The van der Waals surface area contributed by atoms with Gasteiger partial charge in [-0.1, -0.05) is 18.0 Å². The highest BCUT2D eigenvalue weighted by atomic mass is 16.6. The molecule has 1 saturated carbocycles. The average Bonchev–Trinajstić information content (AvgIpc) is 3.25. The third kappa shape index (κ3) is 3.41. The van der Waals surface area contributed by atoms with E-state index in [0.29, 0.717) is 17.9 Å². The van der Waals surface area contributed by atoms with E-state index >= 15 is 0 Å². The molecule has 0 unspecified atom stereocenters. The average molecular weight is 318 g/mol. The molecule has 0 aromatic heterocycles. The van der Waals surface area contributed by atoms with Crippen LogP contribution >= 0.6 is 0 Å². The van der Waals surface area contributed by atoms with Crippen LogP contribution in [0.25, 0.3) is 0 Å². The Kier molecular flexibility index (Phi) is 4.69. The summed E-state index contributed by atoms with van der Waals surface area (Å²) < 4.78 is 10.5. The van der Waals surface area contributed by atoms with Crippen molar-refractivity contribution in [2.45, 2.75) is 44.2 Å². The first kappa shape index (κ1) is 15.6. The van der Waals surface area contributed by atoms with Crippen molar-refractivity contribution in [3.8, 4) is 11.5 Å². The smallest absolute Gasteiger partial charge is 0.264 e. The third-order valence-electron chi connectivity index (χ3n) is 4.38. The SMILES string of the molecule is COc1ccc(C2=NO[C@H](C(=O)NC3CCCC3)C2)cc1OC. The van der Waals surface area contributed by atoms with Crippen LogP contribution in [0.3, 0.4) is 0 Å². The summed E-state index contributed by atoms with van der Waals surface area (Å²) in [5.74, 6) is 1.22. The second-order valence-corrected chi connectivity index (χ2v) is 5.90. The molecule has 0 radical (unpaired) electrons. The van der Waals surface area contributed by atoms with Crippen LogP contribution in [-0.4, -0.2) is 38.0 Å². The van der Waals surface area contributed by atoms with E-state index in [-0.39, 0.29) is 11.9 Å². The maximum absolute atomic E-state index is 12.2. The van der Waals surface area contributed by atoms with Gasteiger partial charge in [-0.05, 0) is 31.0 Å². The first-order chi connectivity index (χ1) is 11.2. The minimum atomic E-state index is -0.543. The Morgan fingerprint density at radius 3 is 2.65 bits per heavy atom. The fraction of sp³-hybridized carbons (Fsp3) is 0.529. The number of hydrogen-bond acceptors (Lipinski definition) is 5. The topological polar surface area (TPSA) is 69.2 Å². The normalized spacial score (nSPS) is 20.8. The highest BCUT2D eigenvalue weighted by Crippen LogP contribution is 2.29. The summed E-state index contributed by atoms with van der Waals surface area (Å²) in [7, 11) is 3.18. The van der Waals surface area contributed by atoms with Gasteiger partial charge in [-0.3, -0.25) is 4.79 Å². The quantitative estimate of drug-likeness (QED) is 0.904. The van der Waals surface area contributed by atoms with Gasteiger partial charge in [0.05, 0.1) is 19.9 Å². The van der Waals surface area contributed by atoms with Crippen LogP contribution in [0.5, 0.6) is 11.5 Å². The molecule has 0 spiro atoms. The number of methoxy groups -OCH3 is 2. The zero-order chi connectivity index (χ0) is 16.2. The minimum absolute atomic E-state index is 0.0730. The summed E-state index contributed by atoms with van der Waals surface area (Å²) in [5, 5.41) is 7.13. The fourth-order valence-electron chi connectivity index (χ4n) is 3.07. The van der Waals surface area contributed by atoms with Crippen molar-refractivity contribution in [1.82, 2.24) is 5.32 Å². The van der Waals surface area contributed by atoms with Gasteiger partial charge >= 0.3 is 0 Å². The largest absolute Gasteiger partial charge is 0.493 e. The lowest BCUT2D eigenvalue weighted by atomic mass is 10.0. The van der Waals surface area contributed by atoms with E-state index in [9.17, 15) is 4.79 Å². The number of carbonyl (C=O) groups excluding carboxylic acids is 1. The number of nitrogens with zero attached hydrogens (tertiary/aromatic N) is 1. The molecule has 0 saturated heterocycles. The Morgan fingerprint density at radius 2 is 1.96 bits per heavy atom. The van der Waals surface area contributed by atoms with Crippen molar-refractivity contribution in [1.29, 1.82) is 0 Å². The molecule has 1 aromatic rings. The number of oxime groups is 1. The molecule has 6 heteroatoms. The molecule has 1 amide bonds. The lowest BCUT2D eigenvalue weighted by molar-refractivity contribution is -0.131. The maximum atomic E-state index is 12.2. The summed E-state index contributed by atoms with van der Waals surface area (Å²) in [6.07, 6.45) is 4.41. The van der Waals surface area contributed by atoms with Gasteiger partial charge in [0.1, 0.15) is 0 Å². The van der Waals surface area contributed by atoms with Crippen LogP contribution in [-0.2, 0) is 9.63 Å². The number of nitrogens with one attached hydrogen (secondary N) is 1. The molecule has 1 aliphatic carbocycles. The number of carbonyl (C=O) groups is 1. The van der Waals surface area contributed by atoms with E-state index in [4.69, 9.17) is 14.3 Å². The predicted octanol–water partition coefficient (Wildman–Crippen LogP) is 2.26. The van der Waals surface area contributed by atoms with Crippen molar-refractivity contribution < 1.29 is 19.1 Å². The van der Waals surface area contributed by atoms with Gasteiger partial charge in [-0.25, -0.2) is 0 Å². The Balaban J connectivity index is 1.63. The Labute approximate surface area is 135 Å². The Bertz CT molecular complexity index is 609. The molecule has 23 heavy (non-hydrogen) atoms. The lowest BCUT2D eigenvalue weighted by Gasteiger charge is -2.14. The van der Waals surface area contributed by atoms with Crippen molar-refractivity contribution in [3.63, 3.8) is 0 Å². The number of benzene rings is 1. The number of rotatable bonds is 5. The number of hydrogen-bond donors (Lipinski definition) is 1. The molecular weight excluding hydrogens is 296 g/mol. The molecule has 3 rings (SSSR count). The second kappa shape index (κ2) is 6.89. The van der Waals surface area contributed by atoms with Crippen LogP contribution in [0, 0.1) is 0 Å². The van der Waals surface area contributed by atoms with Gasteiger partial charge in [0.15, 0.2) is 11.5 Å². The fourth-order valence-corrected chi connectivity index (χ4v) is 3.07. The van der Waals surface area contributed by atoms with E-state index in [1.807, 2.05) is 18.2 Å². The molecule has 6 nitrogen and oxygen atoms in total. The number of amides is 1. The standard InChI is InChI=1S/C17H22N2O4/c1-21-14-8-7-11(9-15(14)22-2)13-10-16(23-19-13)17(20)18-12-5-3-4-6-12/h7-9,12,16H,3-6,10H2,1-2H3,(H,18,20)/t16-/m0/s1. The Morgan fingerprint density at radius 1 is 1.22 bits per heavy atom. The summed E-state index contributed by atoms with van der Waals surface area (Å²) in [5.41, 5.74) is 1.62. The van der Waals surface area contributed by atoms with Gasteiger partial charge in [0.2, 0.25) is 6.10 Å². The first-order valence-electron chi connectivity index (χ1n) is 7.96. The van der Waals surface area contributed by atoms with Gasteiger partial charge in [-0.15, -0.1) is 0 Å². The van der Waals surface area contributed by atoms with E-state index < -0.39 is 6.10 Å². The zero-order valence-electron chi connectivity index (χ0n) is 13.5. The van der Waals surface area contributed by atoms with Gasteiger partial charge in [0.25, 0.3) is 5.91 Å². The third-order valence-corrected chi connectivity index (χ3v) is 4.38. The monoisotopic (exact) mass is 318 g/mol. The van der Waals surface area contributed by atoms with Crippen LogP contribution in [0.1, 0.15) is 37.7 Å². The summed E-state index contributed by atoms with van der Waals surface area (Å²) >= 11 is 0. The summed E-state index contributed by atoms with van der Waals surface area (Å²) in [4.78, 5) is 17.6. The van der Waals surface area contributed by atoms with Crippen LogP contribution in [0.2, 0.25) is 0 Å². The van der Waals surface area contributed by atoms with Crippen molar-refractivity contribution >= 4 is 11.6 Å². The van der Waals surface area contributed by atoms with E-state index in [1.54, 1.807) is 14.2 Å². The van der Waals surface area contributed by atoms with E-state index in [2.05, 4.69) is 10.5 Å². The molecule has 1 N–H and O–H groups in total. The van der Waals surface area contributed by atoms with Crippen LogP contribution < -0.4 is 14.8 Å². The molecular formula is C17H22N2O4. The van der Waals surface area contributed by atoms with Crippen molar-refractivity contribution in [2.75, 3.05) is 14.2 Å². The van der Waals surface area contributed by atoms with Crippen molar-refractivity contribution in [3.05, 3.63) is 23.8 Å². The molecule has 2 aliphatic rings. The maximum Gasteiger partial charge on any atom is 0.264 e. The van der Waals surface area contributed by atoms with Gasteiger partial charge < -0.3 is 19.6 Å². The molecule has 1 aromatic carbocycles. The van der Waals surface area contributed by atoms with Crippen molar-refractivity contribution in [2.24, 2.45) is 5.16 Å². The summed E-state index contributed by atoms with van der Waals surface area (Å²) in [6.45, 7) is 0. The zero-order valence-corrected chi connectivity index (χ0v) is 13.5. The van der Waals surface area contributed by atoms with Gasteiger partial charge in [-0.2, -0.15) is 0 Å². The molecule has 1 aliphatic heterocycles. The van der Waals surface area contributed by atoms with Crippen LogP contribution in [0.15, 0.2) is 23.4 Å². The molecule has 124 valence electrons. The lowest BCUT2D eigenvalue weighted by Crippen LogP contribution is -2.40. The summed E-state index contributed by atoms with van der Waals surface area (Å²) in [6, 6.07) is 5.85. The van der Waals surface area contributed by atoms with Gasteiger partial charge in [0, 0.05) is 18.0 Å². The molecule has 0 bridgehead atoms. The Hall–Kier alpha value is -2.24.